The number of carbonyl (C=O) groups excluding carboxylic acids is 3. The number of ether oxygens (including phenoxy) is 1. The van der Waals surface area contributed by atoms with E-state index in [1.54, 1.807) is 49.5 Å². The van der Waals surface area contributed by atoms with Gasteiger partial charge in [0.1, 0.15) is 6.10 Å². The predicted octanol–water partition coefficient (Wildman–Crippen LogP) is 4.50. The number of esters is 1. The molecule has 0 aromatic heterocycles. The number of nitrogens with zero attached hydrogens (tertiary/aromatic N) is 1. The number of carbonyl (C=O) groups is 3. The molecule has 32 heavy (non-hydrogen) atoms. The molecule has 3 aromatic rings. The SMILES string of the molecule is CN(CC(=O)Nc1ccccc1Cl)C(=O)c1ccc2c(c1)C[C@@H](c1ccccc1)OC2=O. The molecule has 0 fully saturated rings. The number of halogens is 1. The van der Waals surface area contributed by atoms with Crippen molar-refractivity contribution in [2.45, 2.75) is 12.5 Å². The van der Waals surface area contributed by atoms with Crippen LogP contribution in [0.25, 0.3) is 0 Å². The van der Waals surface area contributed by atoms with Gasteiger partial charge in [-0.2, -0.15) is 0 Å². The number of anilines is 1. The molecule has 1 heterocycles. The van der Waals surface area contributed by atoms with Crippen molar-refractivity contribution < 1.29 is 19.1 Å². The number of amides is 2. The van der Waals surface area contributed by atoms with Gasteiger partial charge in [-0.1, -0.05) is 54.1 Å². The first kappa shape index (κ1) is 21.6. The van der Waals surface area contributed by atoms with Crippen molar-refractivity contribution in [3.8, 4) is 0 Å². The third kappa shape index (κ3) is 4.65. The highest BCUT2D eigenvalue weighted by Gasteiger charge is 2.28. The Morgan fingerprint density at radius 2 is 1.78 bits per heavy atom. The summed E-state index contributed by atoms with van der Waals surface area (Å²) in [5.74, 6) is -1.09. The Morgan fingerprint density at radius 1 is 1.06 bits per heavy atom. The highest BCUT2D eigenvalue weighted by molar-refractivity contribution is 6.33. The highest BCUT2D eigenvalue weighted by atomic mass is 35.5. The second-order valence-electron chi connectivity index (χ2n) is 7.57. The van der Waals surface area contributed by atoms with Crippen LogP contribution < -0.4 is 5.32 Å². The third-order valence-electron chi connectivity index (χ3n) is 5.27. The molecule has 0 saturated carbocycles. The molecule has 1 atom stereocenters. The van der Waals surface area contributed by atoms with Crippen LogP contribution in [0.1, 0.15) is 37.9 Å². The van der Waals surface area contributed by atoms with Crippen molar-refractivity contribution in [3.05, 3.63) is 100 Å². The number of hydrogen-bond acceptors (Lipinski definition) is 4. The molecule has 0 bridgehead atoms. The van der Waals surface area contributed by atoms with Gasteiger partial charge in [-0.3, -0.25) is 9.59 Å². The molecule has 3 aromatic carbocycles. The maximum absolute atomic E-state index is 12.9. The van der Waals surface area contributed by atoms with Crippen LogP contribution in [0.3, 0.4) is 0 Å². The molecule has 0 saturated heterocycles. The van der Waals surface area contributed by atoms with Gasteiger partial charge in [-0.25, -0.2) is 4.79 Å². The number of hydrogen-bond donors (Lipinski definition) is 1. The fourth-order valence-corrected chi connectivity index (χ4v) is 3.83. The lowest BCUT2D eigenvalue weighted by Gasteiger charge is -2.26. The lowest BCUT2D eigenvalue weighted by molar-refractivity contribution is -0.116. The van der Waals surface area contributed by atoms with Crippen molar-refractivity contribution in [2.24, 2.45) is 0 Å². The predicted molar refractivity (Wildman–Crippen MR) is 122 cm³/mol. The van der Waals surface area contributed by atoms with Crippen molar-refractivity contribution in [1.82, 2.24) is 4.90 Å². The summed E-state index contributed by atoms with van der Waals surface area (Å²) in [7, 11) is 1.55. The molecule has 0 radical (unpaired) electrons. The molecule has 0 spiro atoms. The van der Waals surface area contributed by atoms with Crippen molar-refractivity contribution in [3.63, 3.8) is 0 Å². The fourth-order valence-electron chi connectivity index (χ4n) is 3.64. The van der Waals surface area contributed by atoms with Gasteiger partial charge in [-0.15, -0.1) is 0 Å². The number of para-hydroxylation sites is 1. The van der Waals surface area contributed by atoms with E-state index in [1.807, 2.05) is 30.3 Å². The highest BCUT2D eigenvalue weighted by Crippen LogP contribution is 2.31. The summed E-state index contributed by atoms with van der Waals surface area (Å²) in [5, 5.41) is 3.12. The number of fused-ring (bicyclic) bond motifs is 1. The van der Waals surface area contributed by atoms with E-state index in [9.17, 15) is 14.4 Å². The normalized spacial score (nSPS) is 14.8. The molecule has 4 rings (SSSR count). The molecule has 1 aliphatic heterocycles. The maximum atomic E-state index is 12.9. The van der Waals surface area contributed by atoms with E-state index in [-0.39, 0.29) is 18.4 Å². The van der Waals surface area contributed by atoms with Crippen LogP contribution in [-0.4, -0.2) is 36.3 Å². The minimum atomic E-state index is -0.411. The van der Waals surface area contributed by atoms with Gasteiger partial charge in [0, 0.05) is 19.0 Å². The monoisotopic (exact) mass is 448 g/mol. The van der Waals surface area contributed by atoms with Crippen LogP contribution in [0, 0.1) is 0 Å². The van der Waals surface area contributed by atoms with E-state index in [2.05, 4.69) is 5.32 Å². The van der Waals surface area contributed by atoms with Gasteiger partial charge < -0.3 is 15.0 Å². The van der Waals surface area contributed by atoms with Crippen LogP contribution in [-0.2, 0) is 16.0 Å². The van der Waals surface area contributed by atoms with Crippen LogP contribution in [0.5, 0.6) is 0 Å². The van der Waals surface area contributed by atoms with E-state index in [0.29, 0.717) is 28.3 Å². The van der Waals surface area contributed by atoms with Crippen LogP contribution >= 0.6 is 11.6 Å². The zero-order valence-corrected chi connectivity index (χ0v) is 18.1. The van der Waals surface area contributed by atoms with E-state index in [1.165, 1.54) is 4.90 Å². The zero-order valence-electron chi connectivity index (χ0n) is 17.4. The van der Waals surface area contributed by atoms with Gasteiger partial charge in [0.2, 0.25) is 5.91 Å². The summed E-state index contributed by atoms with van der Waals surface area (Å²) in [4.78, 5) is 39.1. The van der Waals surface area contributed by atoms with E-state index in [0.717, 1.165) is 11.1 Å². The first-order valence-corrected chi connectivity index (χ1v) is 10.5. The Kier molecular flexibility index (Phi) is 6.23. The Hall–Kier alpha value is -3.64. The van der Waals surface area contributed by atoms with E-state index >= 15 is 0 Å². The summed E-state index contributed by atoms with van der Waals surface area (Å²) in [6, 6.07) is 21.3. The molecule has 6 nitrogen and oxygen atoms in total. The Balaban J connectivity index is 1.47. The molecular weight excluding hydrogens is 428 g/mol. The zero-order chi connectivity index (χ0) is 22.7. The molecule has 1 aliphatic rings. The molecule has 7 heteroatoms. The second-order valence-corrected chi connectivity index (χ2v) is 7.98. The molecule has 0 aliphatic carbocycles. The number of rotatable bonds is 5. The molecule has 0 unspecified atom stereocenters. The molecule has 162 valence electrons. The fraction of sp³-hybridized carbons (Fsp3) is 0.160. The quantitative estimate of drug-likeness (QED) is 0.583. The summed E-state index contributed by atoms with van der Waals surface area (Å²) >= 11 is 6.07. The average Bonchev–Trinajstić information content (AvgIpc) is 2.80. The maximum Gasteiger partial charge on any atom is 0.339 e. The summed E-state index contributed by atoms with van der Waals surface area (Å²) in [6.45, 7) is -0.143. The number of nitrogens with one attached hydrogen (secondary N) is 1. The van der Waals surface area contributed by atoms with Gasteiger partial charge >= 0.3 is 5.97 Å². The summed E-state index contributed by atoms with van der Waals surface area (Å²) in [6.07, 6.45) is 0.0730. The Bertz CT molecular complexity index is 1180. The third-order valence-corrected chi connectivity index (χ3v) is 5.60. The lowest BCUT2D eigenvalue weighted by atomic mass is 9.93. The largest absolute Gasteiger partial charge is 0.454 e. The number of benzene rings is 3. The van der Waals surface area contributed by atoms with Gasteiger partial charge in [0.15, 0.2) is 0 Å². The second kappa shape index (κ2) is 9.24. The minimum Gasteiger partial charge on any atom is -0.454 e. The summed E-state index contributed by atoms with van der Waals surface area (Å²) in [5.41, 5.74) is 2.98. The van der Waals surface area contributed by atoms with E-state index in [4.69, 9.17) is 16.3 Å². The van der Waals surface area contributed by atoms with Gasteiger partial charge in [-0.05, 0) is 41.5 Å². The van der Waals surface area contributed by atoms with Crippen molar-refractivity contribution in [1.29, 1.82) is 0 Å². The minimum absolute atomic E-state index is 0.143. The topological polar surface area (TPSA) is 75.7 Å². The standard InChI is InChI=1S/C25H21ClN2O4/c1-28(15-23(29)27-21-10-6-5-9-20(21)26)24(30)17-11-12-19-18(13-17)14-22(32-25(19)31)16-7-3-2-4-8-16/h2-13,22H,14-15H2,1H3,(H,27,29)/t22-/m0/s1. The summed E-state index contributed by atoms with van der Waals surface area (Å²) < 4.78 is 5.57. The smallest absolute Gasteiger partial charge is 0.339 e. The molecule has 2 amide bonds. The molecular formula is C25H21ClN2O4. The van der Waals surface area contributed by atoms with Gasteiger partial charge in [0.25, 0.3) is 5.91 Å². The van der Waals surface area contributed by atoms with Gasteiger partial charge in [0.05, 0.1) is 22.8 Å². The van der Waals surface area contributed by atoms with Crippen LogP contribution in [0.15, 0.2) is 72.8 Å². The number of likely N-dealkylation sites (N-methyl/N-ethyl adjacent to an activating group) is 1. The average molecular weight is 449 g/mol. The van der Waals surface area contributed by atoms with Crippen LogP contribution in [0.4, 0.5) is 5.69 Å². The first-order valence-electron chi connectivity index (χ1n) is 10.1. The van der Waals surface area contributed by atoms with Crippen molar-refractivity contribution >= 4 is 35.1 Å². The lowest BCUT2D eigenvalue weighted by Crippen LogP contribution is -2.35. The van der Waals surface area contributed by atoms with E-state index < -0.39 is 12.1 Å². The number of cyclic esters (lactones) is 1. The van der Waals surface area contributed by atoms with Crippen molar-refractivity contribution in [2.75, 3.05) is 18.9 Å². The molecule has 1 N–H and O–H groups in total. The Morgan fingerprint density at radius 3 is 2.53 bits per heavy atom. The Labute approximate surface area is 190 Å². The first-order chi connectivity index (χ1) is 15.4. The van der Waals surface area contributed by atoms with Crippen LogP contribution in [0.2, 0.25) is 5.02 Å².